The van der Waals surface area contributed by atoms with Gasteiger partial charge in [0, 0.05) is 19.2 Å². The van der Waals surface area contributed by atoms with Crippen LogP contribution in [0.15, 0.2) is 28.8 Å². The molecule has 0 saturated heterocycles. The molecule has 19 heavy (non-hydrogen) atoms. The van der Waals surface area contributed by atoms with Gasteiger partial charge >= 0.3 is 0 Å². The lowest BCUT2D eigenvalue weighted by Gasteiger charge is -2.17. The average Bonchev–Trinajstić information content (AvgIpc) is 2.74. The van der Waals surface area contributed by atoms with Gasteiger partial charge in [0.1, 0.15) is 17.1 Å². The summed E-state index contributed by atoms with van der Waals surface area (Å²) in [4.78, 5) is 12.5. The number of nitro groups is 1. The summed E-state index contributed by atoms with van der Waals surface area (Å²) in [5.74, 6) is 0.724. The van der Waals surface area contributed by atoms with Gasteiger partial charge in [-0.05, 0) is 25.5 Å². The van der Waals surface area contributed by atoms with Crippen LogP contribution in [-0.2, 0) is 6.54 Å². The summed E-state index contributed by atoms with van der Waals surface area (Å²) >= 11 is 0. The summed E-state index contributed by atoms with van der Waals surface area (Å²) in [5, 5.41) is 15.0. The highest BCUT2D eigenvalue weighted by Crippen LogP contribution is 2.29. The van der Waals surface area contributed by atoms with Crippen LogP contribution in [0.1, 0.15) is 17.0 Å². The molecule has 6 nitrogen and oxygen atoms in total. The molecule has 0 bridgehead atoms. The minimum Gasteiger partial charge on any atom is -0.363 e. The zero-order chi connectivity index (χ0) is 14.0. The Labute approximate surface area is 110 Å². The van der Waals surface area contributed by atoms with Gasteiger partial charge in [0.15, 0.2) is 0 Å². The summed E-state index contributed by atoms with van der Waals surface area (Å²) in [5.41, 5.74) is 2.27. The highest BCUT2D eigenvalue weighted by Gasteiger charge is 2.18. The Balaban J connectivity index is 2.28. The van der Waals surface area contributed by atoms with Gasteiger partial charge in [-0.15, -0.1) is 0 Å². The predicted octanol–water partition coefficient (Wildman–Crippen LogP) is 2.84. The number of hydrogen-bond donors (Lipinski definition) is 0. The fourth-order valence-corrected chi connectivity index (χ4v) is 1.92. The standard InChI is InChI=1S/C13H15N3O3/c1-9-4-5-12(13(6-9)16(17)18)15(3)8-11-7-10(2)19-14-11/h4-7H,8H2,1-3H3. The van der Waals surface area contributed by atoms with Crippen LogP contribution in [0.25, 0.3) is 0 Å². The molecule has 0 N–H and O–H groups in total. The maximum atomic E-state index is 11.1. The Kier molecular flexibility index (Phi) is 3.50. The number of benzene rings is 1. The molecule has 0 fully saturated rings. The van der Waals surface area contributed by atoms with Crippen molar-refractivity contribution in [2.75, 3.05) is 11.9 Å². The van der Waals surface area contributed by atoms with Crippen molar-refractivity contribution in [3.63, 3.8) is 0 Å². The highest BCUT2D eigenvalue weighted by atomic mass is 16.6. The van der Waals surface area contributed by atoms with Crippen LogP contribution in [0.5, 0.6) is 0 Å². The largest absolute Gasteiger partial charge is 0.363 e. The van der Waals surface area contributed by atoms with Crippen LogP contribution in [0, 0.1) is 24.0 Å². The van der Waals surface area contributed by atoms with E-state index in [1.54, 1.807) is 24.1 Å². The van der Waals surface area contributed by atoms with Crippen molar-refractivity contribution in [1.82, 2.24) is 5.16 Å². The molecule has 100 valence electrons. The second-order valence-corrected chi connectivity index (χ2v) is 4.53. The summed E-state index contributed by atoms with van der Waals surface area (Å²) in [7, 11) is 1.79. The zero-order valence-corrected chi connectivity index (χ0v) is 11.1. The maximum Gasteiger partial charge on any atom is 0.292 e. The van der Waals surface area contributed by atoms with Crippen molar-refractivity contribution >= 4 is 11.4 Å². The minimum absolute atomic E-state index is 0.0997. The highest BCUT2D eigenvalue weighted by molar-refractivity contribution is 5.63. The van der Waals surface area contributed by atoms with E-state index >= 15 is 0 Å². The van der Waals surface area contributed by atoms with Crippen LogP contribution in [0.3, 0.4) is 0 Å². The van der Waals surface area contributed by atoms with Crippen molar-refractivity contribution in [2.45, 2.75) is 20.4 Å². The van der Waals surface area contributed by atoms with Gasteiger partial charge in [0.05, 0.1) is 11.5 Å². The number of nitro benzene ring substituents is 1. The van der Waals surface area contributed by atoms with Gasteiger partial charge in [-0.1, -0.05) is 11.2 Å². The third-order valence-corrected chi connectivity index (χ3v) is 2.81. The zero-order valence-electron chi connectivity index (χ0n) is 11.1. The SMILES string of the molecule is Cc1ccc(N(C)Cc2cc(C)on2)c([N+](=O)[O-])c1. The fraction of sp³-hybridized carbons (Fsp3) is 0.308. The Bertz CT molecular complexity index is 607. The quantitative estimate of drug-likeness (QED) is 0.625. The Morgan fingerprint density at radius 3 is 2.68 bits per heavy atom. The van der Waals surface area contributed by atoms with E-state index in [-0.39, 0.29) is 10.6 Å². The summed E-state index contributed by atoms with van der Waals surface area (Å²) in [6.45, 7) is 4.10. The van der Waals surface area contributed by atoms with E-state index in [2.05, 4.69) is 5.16 Å². The molecule has 0 saturated carbocycles. The number of rotatable bonds is 4. The fourth-order valence-electron chi connectivity index (χ4n) is 1.92. The molecule has 0 atom stereocenters. The number of aromatic nitrogens is 1. The molecule has 0 aliphatic rings. The van der Waals surface area contributed by atoms with Crippen molar-refractivity contribution in [2.24, 2.45) is 0 Å². The van der Waals surface area contributed by atoms with Gasteiger partial charge < -0.3 is 9.42 Å². The van der Waals surface area contributed by atoms with E-state index in [1.807, 2.05) is 26.0 Å². The lowest BCUT2D eigenvalue weighted by atomic mass is 10.2. The first-order chi connectivity index (χ1) is 8.97. The van der Waals surface area contributed by atoms with Gasteiger partial charge in [0.2, 0.25) is 0 Å². The van der Waals surface area contributed by atoms with Gasteiger partial charge in [-0.2, -0.15) is 0 Å². The van der Waals surface area contributed by atoms with E-state index in [1.165, 1.54) is 0 Å². The van der Waals surface area contributed by atoms with Crippen LogP contribution >= 0.6 is 0 Å². The molecule has 0 spiro atoms. The summed E-state index contributed by atoms with van der Waals surface area (Å²) in [6.07, 6.45) is 0. The van der Waals surface area contributed by atoms with Crippen LogP contribution in [-0.4, -0.2) is 17.1 Å². The Morgan fingerprint density at radius 1 is 1.37 bits per heavy atom. The molecule has 6 heteroatoms. The molecule has 0 aliphatic carbocycles. The number of anilines is 1. The molecule has 1 heterocycles. The van der Waals surface area contributed by atoms with E-state index in [0.717, 1.165) is 17.0 Å². The monoisotopic (exact) mass is 261 g/mol. The normalized spacial score (nSPS) is 10.5. The average molecular weight is 261 g/mol. The molecule has 0 radical (unpaired) electrons. The number of aryl methyl sites for hydroxylation is 2. The first-order valence-electron chi connectivity index (χ1n) is 5.86. The molecule has 2 aromatic rings. The third kappa shape index (κ3) is 2.90. The second kappa shape index (κ2) is 5.09. The summed E-state index contributed by atoms with van der Waals surface area (Å²) in [6, 6.07) is 6.99. The first-order valence-corrected chi connectivity index (χ1v) is 5.86. The van der Waals surface area contributed by atoms with Crippen molar-refractivity contribution in [3.8, 4) is 0 Å². The summed E-state index contributed by atoms with van der Waals surface area (Å²) < 4.78 is 4.99. The lowest BCUT2D eigenvalue weighted by molar-refractivity contribution is -0.384. The van der Waals surface area contributed by atoms with Crippen LogP contribution < -0.4 is 4.90 Å². The predicted molar refractivity (Wildman–Crippen MR) is 71.2 cm³/mol. The molecular formula is C13H15N3O3. The van der Waals surface area contributed by atoms with E-state index in [0.29, 0.717) is 12.2 Å². The first kappa shape index (κ1) is 13.1. The van der Waals surface area contributed by atoms with Gasteiger partial charge in [-0.3, -0.25) is 10.1 Å². The molecule has 0 unspecified atom stereocenters. The van der Waals surface area contributed by atoms with Crippen molar-refractivity contribution in [3.05, 3.63) is 51.4 Å². The van der Waals surface area contributed by atoms with E-state index in [9.17, 15) is 10.1 Å². The minimum atomic E-state index is -0.368. The Morgan fingerprint density at radius 2 is 2.11 bits per heavy atom. The third-order valence-electron chi connectivity index (χ3n) is 2.81. The van der Waals surface area contributed by atoms with Crippen molar-refractivity contribution < 1.29 is 9.45 Å². The van der Waals surface area contributed by atoms with Gasteiger partial charge in [-0.25, -0.2) is 0 Å². The molecular weight excluding hydrogens is 246 g/mol. The van der Waals surface area contributed by atoms with Crippen LogP contribution in [0.2, 0.25) is 0 Å². The topological polar surface area (TPSA) is 72.4 Å². The molecule has 1 aromatic carbocycles. The molecule has 0 amide bonds. The Hall–Kier alpha value is -2.37. The maximum absolute atomic E-state index is 11.1. The van der Waals surface area contributed by atoms with E-state index in [4.69, 9.17) is 4.52 Å². The number of hydrogen-bond acceptors (Lipinski definition) is 5. The smallest absolute Gasteiger partial charge is 0.292 e. The van der Waals surface area contributed by atoms with Gasteiger partial charge in [0.25, 0.3) is 5.69 Å². The van der Waals surface area contributed by atoms with Crippen LogP contribution in [0.4, 0.5) is 11.4 Å². The molecule has 2 rings (SSSR count). The number of nitrogens with zero attached hydrogens (tertiary/aromatic N) is 3. The second-order valence-electron chi connectivity index (χ2n) is 4.53. The lowest BCUT2D eigenvalue weighted by Crippen LogP contribution is -2.18. The molecule has 1 aromatic heterocycles. The molecule has 0 aliphatic heterocycles. The van der Waals surface area contributed by atoms with Crippen molar-refractivity contribution in [1.29, 1.82) is 0 Å². The van der Waals surface area contributed by atoms with E-state index < -0.39 is 0 Å².